The van der Waals surface area contributed by atoms with Gasteiger partial charge in [0.15, 0.2) is 6.10 Å². The number of phosphoric acid groups is 1. The van der Waals surface area contributed by atoms with Crippen LogP contribution in [0, 0.1) is 0 Å². The third-order valence-electron chi connectivity index (χ3n) is 10.7. The van der Waals surface area contributed by atoms with Gasteiger partial charge in [0, 0.05) is 12.8 Å². The second-order valence-electron chi connectivity index (χ2n) is 16.3. The lowest BCUT2D eigenvalue weighted by Gasteiger charge is -2.41. The van der Waals surface area contributed by atoms with Crippen molar-refractivity contribution in [1.82, 2.24) is 0 Å². The molecule has 13 nitrogen and oxygen atoms in total. The molecule has 14 heteroatoms. The van der Waals surface area contributed by atoms with Crippen LogP contribution < -0.4 is 0 Å². The minimum Gasteiger partial charge on any atom is -0.462 e. The Kier molecular flexibility index (Phi) is 34.2. The molecule has 0 aromatic carbocycles. The van der Waals surface area contributed by atoms with Gasteiger partial charge in [-0.2, -0.15) is 0 Å². The summed E-state index contributed by atoms with van der Waals surface area (Å²) >= 11 is 0. The van der Waals surface area contributed by atoms with Gasteiger partial charge in [0.2, 0.25) is 0 Å². The molecular formula is C46H83O13P. The molecule has 0 radical (unpaired) electrons. The molecule has 60 heavy (non-hydrogen) atoms. The molecular weight excluding hydrogens is 791 g/mol. The van der Waals surface area contributed by atoms with Crippen LogP contribution in [-0.4, -0.2) is 98.3 Å². The molecule has 1 rings (SSSR count). The van der Waals surface area contributed by atoms with E-state index in [1.54, 1.807) is 0 Å². The first-order valence-electron chi connectivity index (χ1n) is 23.3. The van der Waals surface area contributed by atoms with Crippen molar-refractivity contribution in [3.63, 3.8) is 0 Å². The largest absolute Gasteiger partial charge is 0.472 e. The molecule has 0 bridgehead atoms. The van der Waals surface area contributed by atoms with Gasteiger partial charge in [0.05, 0.1) is 6.61 Å². The molecule has 1 aliphatic rings. The highest BCUT2D eigenvalue weighted by atomic mass is 31.2. The Labute approximate surface area is 361 Å². The van der Waals surface area contributed by atoms with Crippen molar-refractivity contribution < 1.29 is 63.1 Å². The maximum atomic E-state index is 12.8. The molecule has 350 valence electrons. The van der Waals surface area contributed by atoms with Crippen LogP contribution >= 0.6 is 7.82 Å². The molecule has 8 atom stereocenters. The van der Waals surface area contributed by atoms with Gasteiger partial charge < -0.3 is 39.9 Å². The zero-order valence-corrected chi connectivity index (χ0v) is 37.9. The molecule has 6 unspecified atom stereocenters. The second kappa shape index (κ2) is 36.5. The van der Waals surface area contributed by atoms with Crippen molar-refractivity contribution in [2.45, 2.75) is 230 Å². The number of hydrogen-bond donors (Lipinski definition) is 6. The fourth-order valence-corrected chi connectivity index (χ4v) is 7.87. The van der Waals surface area contributed by atoms with Crippen LogP contribution in [0.2, 0.25) is 0 Å². The Balaban J connectivity index is 2.46. The van der Waals surface area contributed by atoms with E-state index in [1.165, 1.54) is 64.2 Å². The van der Waals surface area contributed by atoms with E-state index in [-0.39, 0.29) is 12.8 Å². The van der Waals surface area contributed by atoms with Gasteiger partial charge in [-0.05, 0) is 70.6 Å². The number of hydrogen-bond acceptors (Lipinski definition) is 12. The van der Waals surface area contributed by atoms with E-state index in [1.807, 2.05) is 0 Å². The second-order valence-corrected chi connectivity index (χ2v) is 17.7. The van der Waals surface area contributed by atoms with Crippen LogP contribution in [-0.2, 0) is 32.7 Å². The van der Waals surface area contributed by atoms with Crippen LogP contribution in [0.25, 0.3) is 0 Å². The Morgan fingerprint density at radius 3 is 1.40 bits per heavy atom. The smallest absolute Gasteiger partial charge is 0.462 e. The van der Waals surface area contributed by atoms with Crippen LogP contribution in [0.4, 0.5) is 0 Å². The van der Waals surface area contributed by atoms with Crippen LogP contribution in [0.5, 0.6) is 0 Å². The number of ether oxygens (including phenoxy) is 2. The summed E-state index contributed by atoms with van der Waals surface area (Å²) in [6.07, 6.45) is 27.6. The average molecular weight is 875 g/mol. The number of esters is 2. The number of unbranched alkanes of at least 4 members (excludes halogenated alkanes) is 20. The van der Waals surface area contributed by atoms with Gasteiger partial charge in [-0.15, -0.1) is 0 Å². The van der Waals surface area contributed by atoms with Crippen molar-refractivity contribution in [2.24, 2.45) is 0 Å². The first-order valence-corrected chi connectivity index (χ1v) is 24.8. The molecule has 1 saturated carbocycles. The first-order chi connectivity index (χ1) is 28.9. The van der Waals surface area contributed by atoms with Crippen molar-refractivity contribution in [3.8, 4) is 0 Å². The molecule has 0 heterocycles. The van der Waals surface area contributed by atoms with Crippen LogP contribution in [0.15, 0.2) is 36.5 Å². The summed E-state index contributed by atoms with van der Waals surface area (Å²) in [5, 5.41) is 50.1. The topological polar surface area (TPSA) is 210 Å². The Morgan fingerprint density at radius 1 is 0.517 bits per heavy atom. The molecule has 1 aliphatic carbocycles. The maximum absolute atomic E-state index is 12.8. The summed E-state index contributed by atoms with van der Waals surface area (Å²) in [5.41, 5.74) is 0. The van der Waals surface area contributed by atoms with E-state index in [2.05, 4.69) is 50.3 Å². The van der Waals surface area contributed by atoms with E-state index in [0.29, 0.717) is 12.8 Å². The Bertz CT molecular complexity index is 1190. The molecule has 0 aromatic heterocycles. The van der Waals surface area contributed by atoms with Gasteiger partial charge in [0.25, 0.3) is 0 Å². The highest BCUT2D eigenvalue weighted by molar-refractivity contribution is 7.47. The lowest BCUT2D eigenvalue weighted by molar-refractivity contribution is -0.220. The van der Waals surface area contributed by atoms with E-state index in [9.17, 15) is 44.6 Å². The van der Waals surface area contributed by atoms with Gasteiger partial charge in [-0.3, -0.25) is 18.6 Å². The highest BCUT2D eigenvalue weighted by Crippen LogP contribution is 2.47. The van der Waals surface area contributed by atoms with Gasteiger partial charge in [0.1, 0.15) is 43.2 Å². The third-order valence-corrected chi connectivity index (χ3v) is 11.7. The van der Waals surface area contributed by atoms with E-state index < -0.39 is 75.7 Å². The molecule has 0 spiro atoms. The number of rotatable bonds is 38. The molecule has 6 N–H and O–H groups in total. The summed E-state index contributed by atoms with van der Waals surface area (Å²) in [7, 11) is -5.12. The lowest BCUT2D eigenvalue weighted by Crippen LogP contribution is -2.64. The molecule has 0 aliphatic heterocycles. The van der Waals surface area contributed by atoms with Crippen molar-refractivity contribution in [2.75, 3.05) is 13.2 Å². The zero-order valence-electron chi connectivity index (χ0n) is 37.0. The first kappa shape index (κ1) is 56.1. The number of aliphatic hydroxyl groups excluding tert-OH is 5. The van der Waals surface area contributed by atoms with Gasteiger partial charge in [-0.25, -0.2) is 4.57 Å². The Morgan fingerprint density at radius 2 is 0.900 bits per heavy atom. The average Bonchev–Trinajstić information content (AvgIpc) is 3.23. The van der Waals surface area contributed by atoms with E-state index >= 15 is 0 Å². The quantitative estimate of drug-likeness (QED) is 0.0148. The minimum absolute atomic E-state index is 0.0851. The normalized spacial score (nSPS) is 22.5. The number of allylic oxidation sites excluding steroid dienone is 6. The SMILES string of the molecule is CCCCC/C=C\C/C=C\CCCCCCCCCC(=O)OC[C@H](COP(=O)(O)OC1C(O)C(O)C(O)[C@@H](O)C1O)OC(=O)CCCCCCC/C=C\CCCCCCC. The number of aliphatic hydroxyl groups is 5. The number of phosphoric ester groups is 1. The van der Waals surface area contributed by atoms with Crippen molar-refractivity contribution >= 4 is 19.8 Å². The van der Waals surface area contributed by atoms with Gasteiger partial charge >= 0.3 is 19.8 Å². The molecule has 1 fully saturated rings. The van der Waals surface area contributed by atoms with Gasteiger partial charge in [-0.1, -0.05) is 140 Å². The Hall–Kier alpha value is -1.93. The molecule has 0 saturated heterocycles. The van der Waals surface area contributed by atoms with Crippen LogP contribution in [0.3, 0.4) is 0 Å². The summed E-state index contributed by atoms with van der Waals surface area (Å²) in [6.45, 7) is 3.25. The van der Waals surface area contributed by atoms with Crippen molar-refractivity contribution in [3.05, 3.63) is 36.5 Å². The zero-order chi connectivity index (χ0) is 44.3. The molecule has 0 aromatic rings. The molecule has 0 amide bonds. The van der Waals surface area contributed by atoms with Crippen molar-refractivity contribution in [1.29, 1.82) is 0 Å². The number of carbonyl (C=O) groups excluding carboxylic acids is 2. The predicted octanol–water partition coefficient (Wildman–Crippen LogP) is 9.00. The summed E-state index contributed by atoms with van der Waals surface area (Å²) in [6, 6.07) is 0. The predicted molar refractivity (Wildman–Crippen MR) is 235 cm³/mol. The van der Waals surface area contributed by atoms with E-state index in [0.717, 1.165) is 83.5 Å². The fourth-order valence-electron chi connectivity index (χ4n) is 6.90. The maximum Gasteiger partial charge on any atom is 0.472 e. The lowest BCUT2D eigenvalue weighted by atomic mass is 9.85. The fraction of sp³-hybridized carbons (Fsp3) is 0.826. The van der Waals surface area contributed by atoms with E-state index in [4.69, 9.17) is 18.5 Å². The van der Waals surface area contributed by atoms with Crippen LogP contribution in [0.1, 0.15) is 187 Å². The number of carbonyl (C=O) groups is 2. The monoisotopic (exact) mass is 875 g/mol. The third kappa shape index (κ3) is 28.6. The summed E-state index contributed by atoms with van der Waals surface area (Å²) in [4.78, 5) is 35.7. The highest BCUT2D eigenvalue weighted by Gasteiger charge is 2.51. The minimum atomic E-state index is -5.12. The standard InChI is InChI=1S/C46H83O13P/c1-3-5-7-9-11-13-15-17-19-20-21-23-24-26-28-30-32-34-39(47)56-36-38(37-57-60(54,55)59-46-44(52)42(50)41(49)43(51)45(46)53)58-40(48)35-33-31-29-27-25-22-18-16-14-12-10-8-6-4-2/h11,13,16-19,38,41-46,49-53H,3-10,12,14-15,20-37H2,1-2H3,(H,54,55)/b13-11-,18-16-,19-17-/t38-,41?,42-,43?,44?,45?,46?/m1/s1. The summed E-state index contributed by atoms with van der Waals surface area (Å²) in [5.74, 6) is -1.12. The summed E-state index contributed by atoms with van der Waals surface area (Å²) < 4.78 is 33.5.